The average Bonchev–Trinajstić information content (AvgIpc) is 3.19. The molecular weight excluding hydrogens is 522 g/mol. The topological polar surface area (TPSA) is 69.0 Å². The Balaban J connectivity index is 1.66. The number of benzene rings is 3. The molecule has 184 valence electrons. The number of unbranched alkanes of at least 4 members (excludes halogenated alkanes) is 2. The summed E-state index contributed by atoms with van der Waals surface area (Å²) < 4.78 is 18.4. The number of ether oxygens (including phenoxy) is 2. The summed E-state index contributed by atoms with van der Waals surface area (Å²) in [5, 5.41) is 0.438. The van der Waals surface area contributed by atoms with E-state index in [1.165, 1.54) is 0 Å². The summed E-state index contributed by atoms with van der Waals surface area (Å²) in [6.07, 6.45) is 3.15. The first-order valence-electron chi connectivity index (χ1n) is 12.0. The molecule has 1 aliphatic rings. The van der Waals surface area contributed by atoms with Crippen LogP contribution in [0.25, 0.3) is 11.0 Å². The van der Waals surface area contributed by atoms with E-state index in [0.717, 1.165) is 29.3 Å². The monoisotopic (exact) mass is 547 g/mol. The number of amides is 1. The summed E-state index contributed by atoms with van der Waals surface area (Å²) in [6.45, 7) is 2.74. The van der Waals surface area contributed by atoms with Crippen molar-refractivity contribution in [2.75, 3.05) is 18.6 Å². The minimum absolute atomic E-state index is 0.0579. The predicted molar refractivity (Wildman–Crippen MR) is 143 cm³/mol. The van der Waals surface area contributed by atoms with Crippen LogP contribution in [0, 0.1) is 0 Å². The van der Waals surface area contributed by atoms with Crippen molar-refractivity contribution in [3.63, 3.8) is 0 Å². The number of rotatable bonds is 8. The first-order valence-corrected chi connectivity index (χ1v) is 12.8. The van der Waals surface area contributed by atoms with Crippen LogP contribution in [-0.4, -0.2) is 19.6 Å². The number of fused-ring (bicyclic) bond motifs is 2. The van der Waals surface area contributed by atoms with Crippen molar-refractivity contribution in [3.8, 4) is 11.5 Å². The smallest absolute Gasteiger partial charge is 0.295 e. The number of methoxy groups -OCH3 is 1. The maximum absolute atomic E-state index is 13.7. The van der Waals surface area contributed by atoms with E-state index in [0.29, 0.717) is 40.3 Å². The molecule has 5 rings (SSSR count). The van der Waals surface area contributed by atoms with Crippen LogP contribution in [0.4, 0.5) is 5.69 Å². The van der Waals surface area contributed by atoms with Gasteiger partial charge in [-0.25, -0.2) is 0 Å². The molecule has 2 heterocycles. The zero-order valence-corrected chi connectivity index (χ0v) is 21.7. The van der Waals surface area contributed by atoms with Crippen molar-refractivity contribution in [2.45, 2.75) is 32.2 Å². The normalized spacial score (nSPS) is 14.8. The third-order valence-corrected chi connectivity index (χ3v) is 6.87. The lowest BCUT2D eigenvalue weighted by molar-refractivity contribution is 0.0971. The number of para-hydroxylation sites is 1. The summed E-state index contributed by atoms with van der Waals surface area (Å²) in [5.41, 5.74) is 1.85. The van der Waals surface area contributed by atoms with Gasteiger partial charge in [-0.3, -0.25) is 14.5 Å². The van der Waals surface area contributed by atoms with Crippen LogP contribution in [0.3, 0.4) is 0 Å². The quantitative estimate of drug-likeness (QED) is 0.225. The second-order valence-corrected chi connectivity index (χ2v) is 9.61. The number of nitrogens with zero attached hydrogens (tertiary/aromatic N) is 1. The maximum Gasteiger partial charge on any atom is 0.295 e. The molecule has 1 atom stereocenters. The summed E-state index contributed by atoms with van der Waals surface area (Å²) in [4.78, 5) is 29.1. The van der Waals surface area contributed by atoms with Gasteiger partial charge in [0.15, 0.2) is 16.9 Å². The van der Waals surface area contributed by atoms with Gasteiger partial charge in [0.2, 0.25) is 5.76 Å². The number of carbonyl (C=O) groups excluding carboxylic acids is 1. The highest BCUT2D eigenvalue weighted by molar-refractivity contribution is 9.10. The van der Waals surface area contributed by atoms with Crippen molar-refractivity contribution in [1.29, 1.82) is 0 Å². The van der Waals surface area contributed by atoms with Gasteiger partial charge in [0.25, 0.3) is 5.91 Å². The average molecular weight is 548 g/mol. The first kappa shape index (κ1) is 24.1. The third-order valence-electron chi connectivity index (χ3n) is 6.37. The van der Waals surface area contributed by atoms with Crippen molar-refractivity contribution in [1.82, 2.24) is 0 Å². The molecule has 3 aromatic carbocycles. The Morgan fingerprint density at radius 3 is 2.58 bits per heavy atom. The molecule has 0 spiro atoms. The molecule has 0 aliphatic carbocycles. The third kappa shape index (κ3) is 4.28. The molecule has 4 aromatic rings. The van der Waals surface area contributed by atoms with E-state index in [4.69, 9.17) is 13.9 Å². The van der Waals surface area contributed by atoms with Gasteiger partial charge >= 0.3 is 0 Å². The summed E-state index contributed by atoms with van der Waals surface area (Å²) in [6, 6.07) is 19.3. The molecule has 0 fully saturated rings. The van der Waals surface area contributed by atoms with Gasteiger partial charge in [0.05, 0.1) is 30.7 Å². The second-order valence-electron chi connectivity index (χ2n) is 8.69. The van der Waals surface area contributed by atoms with Gasteiger partial charge in [-0.05, 0) is 54.4 Å². The van der Waals surface area contributed by atoms with Crippen molar-refractivity contribution in [2.24, 2.45) is 0 Å². The fourth-order valence-corrected chi connectivity index (χ4v) is 5.02. The van der Waals surface area contributed by atoms with Crippen LogP contribution in [0.5, 0.6) is 11.5 Å². The molecule has 1 amide bonds. The van der Waals surface area contributed by atoms with Gasteiger partial charge < -0.3 is 13.9 Å². The Hall–Kier alpha value is -3.58. The minimum atomic E-state index is -0.689. The van der Waals surface area contributed by atoms with E-state index in [9.17, 15) is 9.59 Å². The lowest BCUT2D eigenvalue weighted by Gasteiger charge is -2.26. The van der Waals surface area contributed by atoms with Gasteiger partial charge in [0.1, 0.15) is 5.58 Å². The summed E-state index contributed by atoms with van der Waals surface area (Å²) in [7, 11) is 1.58. The van der Waals surface area contributed by atoms with E-state index in [1.807, 2.05) is 42.5 Å². The number of hydrogen-bond acceptors (Lipinski definition) is 5. The highest BCUT2D eigenvalue weighted by Crippen LogP contribution is 2.43. The highest BCUT2D eigenvalue weighted by Gasteiger charge is 2.44. The van der Waals surface area contributed by atoms with Gasteiger partial charge in [-0.15, -0.1) is 0 Å². The first-order chi connectivity index (χ1) is 17.5. The molecule has 0 radical (unpaired) electrons. The predicted octanol–water partition coefficient (Wildman–Crippen LogP) is 6.88. The summed E-state index contributed by atoms with van der Waals surface area (Å²) in [5.74, 6) is 0.864. The Kier molecular flexibility index (Phi) is 6.83. The van der Waals surface area contributed by atoms with E-state index >= 15 is 0 Å². The van der Waals surface area contributed by atoms with Gasteiger partial charge in [-0.2, -0.15) is 0 Å². The van der Waals surface area contributed by atoms with E-state index in [-0.39, 0.29) is 17.1 Å². The zero-order valence-electron chi connectivity index (χ0n) is 20.1. The molecule has 1 aliphatic heterocycles. The fraction of sp³-hybridized carbons (Fsp3) is 0.241. The lowest BCUT2D eigenvalue weighted by atomic mass is 9.97. The van der Waals surface area contributed by atoms with Crippen LogP contribution in [0.15, 0.2) is 80.4 Å². The largest absolute Gasteiger partial charge is 0.493 e. The minimum Gasteiger partial charge on any atom is -0.493 e. The Labute approximate surface area is 217 Å². The lowest BCUT2D eigenvalue weighted by Crippen LogP contribution is -2.29. The van der Waals surface area contributed by atoms with Crippen molar-refractivity contribution >= 4 is 38.5 Å². The SMILES string of the molecule is CCCCCOc1ccc(C2c3c(oc4ccccc4c3=O)C(=O)N2c2cccc(Br)c2)cc1OC. The van der Waals surface area contributed by atoms with Crippen LogP contribution in [0.2, 0.25) is 0 Å². The molecule has 0 bridgehead atoms. The second kappa shape index (κ2) is 10.2. The Morgan fingerprint density at radius 1 is 0.972 bits per heavy atom. The van der Waals surface area contributed by atoms with E-state index in [2.05, 4.69) is 22.9 Å². The van der Waals surface area contributed by atoms with E-state index in [1.54, 1.807) is 36.3 Å². The van der Waals surface area contributed by atoms with Crippen LogP contribution in [0.1, 0.15) is 53.9 Å². The molecular formula is C29H26BrNO5. The molecule has 0 saturated carbocycles. The van der Waals surface area contributed by atoms with Crippen LogP contribution < -0.4 is 19.8 Å². The highest BCUT2D eigenvalue weighted by atomic mass is 79.9. The number of anilines is 1. The maximum atomic E-state index is 13.7. The molecule has 36 heavy (non-hydrogen) atoms. The molecule has 6 nitrogen and oxygen atoms in total. The number of hydrogen-bond donors (Lipinski definition) is 0. The molecule has 7 heteroatoms. The van der Waals surface area contributed by atoms with Crippen molar-refractivity contribution in [3.05, 3.63) is 98.3 Å². The van der Waals surface area contributed by atoms with Gasteiger partial charge in [0, 0.05) is 10.2 Å². The van der Waals surface area contributed by atoms with Gasteiger partial charge in [-0.1, -0.05) is 60.0 Å². The number of halogens is 1. The zero-order chi connectivity index (χ0) is 25.2. The molecule has 1 unspecified atom stereocenters. The number of carbonyl (C=O) groups is 1. The van der Waals surface area contributed by atoms with Crippen LogP contribution >= 0.6 is 15.9 Å². The van der Waals surface area contributed by atoms with E-state index < -0.39 is 6.04 Å². The Morgan fingerprint density at radius 2 is 1.81 bits per heavy atom. The standard InChI is InChI=1S/C29H26BrNO5/c1-3-4-7-15-35-23-14-13-18(16-24(23)34-2)26-25-27(32)21-11-5-6-12-22(21)36-28(25)29(33)31(26)20-10-8-9-19(30)17-20/h5-6,8-14,16-17,26H,3-4,7,15H2,1-2H3. The summed E-state index contributed by atoms with van der Waals surface area (Å²) >= 11 is 3.50. The van der Waals surface area contributed by atoms with Crippen molar-refractivity contribution < 1.29 is 18.7 Å². The van der Waals surface area contributed by atoms with Crippen LogP contribution in [-0.2, 0) is 0 Å². The molecule has 0 N–H and O–H groups in total. The molecule has 0 saturated heterocycles. The molecule has 1 aromatic heterocycles. The fourth-order valence-electron chi connectivity index (χ4n) is 4.64. The Bertz CT molecular complexity index is 1500.